The number of thiazole rings is 1. The average molecular weight is 317 g/mol. The second-order valence-electron chi connectivity index (χ2n) is 5.31. The summed E-state index contributed by atoms with van der Waals surface area (Å²) in [5.41, 5.74) is 2.17. The van der Waals surface area contributed by atoms with Crippen LogP contribution in [-0.2, 0) is 17.6 Å². The molecule has 0 bridgehead atoms. The van der Waals surface area contributed by atoms with E-state index in [4.69, 9.17) is 0 Å². The molecule has 0 aromatic carbocycles. The third-order valence-electron chi connectivity index (χ3n) is 4.07. The number of thiophene rings is 1. The second-order valence-corrected chi connectivity index (χ2v) is 7.19. The van der Waals surface area contributed by atoms with Crippen LogP contribution < -0.4 is 0 Å². The van der Waals surface area contributed by atoms with Crippen molar-refractivity contribution in [3.8, 4) is 0 Å². The first-order valence-electron chi connectivity index (χ1n) is 6.99. The Kier molecular flexibility index (Phi) is 3.08. The number of hydrogen-bond donors (Lipinski definition) is 0. The Bertz CT molecular complexity index is 772. The van der Waals surface area contributed by atoms with Crippen LogP contribution in [0.1, 0.15) is 29.1 Å². The molecule has 1 aliphatic heterocycles. The van der Waals surface area contributed by atoms with Gasteiger partial charge in [-0.2, -0.15) is 0 Å². The molecule has 4 heterocycles. The molecule has 0 spiro atoms. The van der Waals surface area contributed by atoms with Crippen molar-refractivity contribution < 1.29 is 4.79 Å². The summed E-state index contributed by atoms with van der Waals surface area (Å²) in [6.45, 7) is 2.93. The molecule has 0 aliphatic carbocycles. The molecule has 21 heavy (non-hydrogen) atoms. The Balaban J connectivity index is 1.54. The summed E-state index contributed by atoms with van der Waals surface area (Å²) in [4.78, 5) is 21.5. The first kappa shape index (κ1) is 13.0. The number of carbonyl (C=O) groups excluding carboxylic acids is 1. The fraction of sp³-hybridized carbons (Fsp3) is 0.333. The average Bonchev–Trinajstić information content (AvgIpc) is 3.13. The lowest BCUT2D eigenvalue weighted by molar-refractivity contribution is -0.133. The van der Waals surface area contributed by atoms with Crippen LogP contribution >= 0.6 is 22.7 Å². The van der Waals surface area contributed by atoms with E-state index in [0.29, 0.717) is 6.42 Å². The van der Waals surface area contributed by atoms with Crippen LogP contribution in [0.2, 0.25) is 0 Å². The Morgan fingerprint density at radius 2 is 2.33 bits per heavy atom. The number of rotatable bonds is 2. The number of amides is 1. The summed E-state index contributed by atoms with van der Waals surface area (Å²) < 4.78 is 1.98. The van der Waals surface area contributed by atoms with Crippen molar-refractivity contribution in [2.24, 2.45) is 0 Å². The van der Waals surface area contributed by atoms with Crippen molar-refractivity contribution in [1.82, 2.24) is 14.3 Å². The van der Waals surface area contributed by atoms with E-state index in [9.17, 15) is 4.79 Å². The zero-order valence-electron chi connectivity index (χ0n) is 11.7. The SMILES string of the molecule is C[C@@H]1c2ccsc2CCN1C(=O)Cc1cn2ccsc2n1. The number of carbonyl (C=O) groups is 1. The molecule has 0 unspecified atom stereocenters. The summed E-state index contributed by atoms with van der Waals surface area (Å²) in [6.07, 6.45) is 5.29. The van der Waals surface area contributed by atoms with Crippen molar-refractivity contribution in [1.29, 1.82) is 0 Å². The van der Waals surface area contributed by atoms with E-state index >= 15 is 0 Å². The van der Waals surface area contributed by atoms with E-state index in [1.807, 2.05) is 27.1 Å². The second kappa shape index (κ2) is 4.96. The van der Waals surface area contributed by atoms with Gasteiger partial charge in [-0.1, -0.05) is 0 Å². The van der Waals surface area contributed by atoms with Gasteiger partial charge in [-0.15, -0.1) is 22.7 Å². The number of aromatic nitrogens is 2. The Morgan fingerprint density at radius 3 is 3.19 bits per heavy atom. The van der Waals surface area contributed by atoms with Crippen LogP contribution in [0.5, 0.6) is 0 Å². The topological polar surface area (TPSA) is 37.6 Å². The van der Waals surface area contributed by atoms with Crippen LogP contribution in [0.15, 0.2) is 29.2 Å². The van der Waals surface area contributed by atoms with Gasteiger partial charge in [0.05, 0.1) is 18.2 Å². The van der Waals surface area contributed by atoms with E-state index in [-0.39, 0.29) is 11.9 Å². The molecule has 4 nitrogen and oxygen atoms in total. The monoisotopic (exact) mass is 317 g/mol. The molecule has 108 valence electrons. The maximum atomic E-state index is 12.6. The van der Waals surface area contributed by atoms with E-state index in [1.54, 1.807) is 22.7 Å². The first-order valence-corrected chi connectivity index (χ1v) is 8.75. The molecule has 0 saturated carbocycles. The largest absolute Gasteiger partial charge is 0.335 e. The minimum absolute atomic E-state index is 0.171. The smallest absolute Gasteiger partial charge is 0.229 e. The molecule has 3 aromatic rings. The lowest BCUT2D eigenvalue weighted by atomic mass is 10.0. The van der Waals surface area contributed by atoms with Crippen molar-refractivity contribution in [3.63, 3.8) is 0 Å². The number of fused-ring (bicyclic) bond motifs is 2. The summed E-state index contributed by atoms with van der Waals surface area (Å²) in [5, 5.41) is 4.12. The van der Waals surface area contributed by atoms with Crippen LogP contribution in [-0.4, -0.2) is 26.7 Å². The highest BCUT2D eigenvalue weighted by atomic mass is 32.1. The van der Waals surface area contributed by atoms with Gasteiger partial charge in [0, 0.05) is 29.2 Å². The van der Waals surface area contributed by atoms with Gasteiger partial charge < -0.3 is 4.90 Å². The van der Waals surface area contributed by atoms with Gasteiger partial charge in [-0.05, 0) is 30.4 Å². The van der Waals surface area contributed by atoms with Crippen LogP contribution in [0, 0.1) is 0 Å². The van der Waals surface area contributed by atoms with Gasteiger partial charge in [0.25, 0.3) is 0 Å². The van der Waals surface area contributed by atoms with Gasteiger partial charge in [0.2, 0.25) is 5.91 Å². The quantitative estimate of drug-likeness (QED) is 0.728. The zero-order valence-corrected chi connectivity index (χ0v) is 13.3. The number of nitrogens with zero attached hydrogens (tertiary/aromatic N) is 3. The summed E-state index contributed by atoms with van der Waals surface area (Å²) in [7, 11) is 0. The lowest BCUT2D eigenvalue weighted by Crippen LogP contribution is -2.39. The summed E-state index contributed by atoms with van der Waals surface area (Å²) in [5.74, 6) is 0.171. The third-order valence-corrected chi connectivity index (χ3v) is 5.84. The Hall–Kier alpha value is -1.66. The molecular weight excluding hydrogens is 302 g/mol. The molecule has 4 rings (SSSR count). The fourth-order valence-electron chi connectivity index (χ4n) is 2.97. The minimum Gasteiger partial charge on any atom is -0.335 e. The van der Waals surface area contributed by atoms with E-state index < -0.39 is 0 Å². The van der Waals surface area contributed by atoms with Crippen molar-refractivity contribution >= 4 is 33.5 Å². The van der Waals surface area contributed by atoms with E-state index in [2.05, 4.69) is 23.4 Å². The Labute approximate surface area is 130 Å². The number of hydrogen-bond acceptors (Lipinski definition) is 4. The highest BCUT2D eigenvalue weighted by molar-refractivity contribution is 7.15. The maximum absolute atomic E-state index is 12.6. The third kappa shape index (κ3) is 2.18. The minimum atomic E-state index is 0.171. The standard InChI is InChI=1S/C15H15N3OS2/c1-10-12-3-6-20-13(12)2-4-18(10)14(19)8-11-9-17-5-7-21-15(17)16-11/h3,5-7,9-10H,2,4,8H2,1H3/t10-/m1/s1. The molecule has 0 N–H and O–H groups in total. The molecule has 3 aromatic heterocycles. The molecule has 6 heteroatoms. The van der Waals surface area contributed by atoms with E-state index in [1.165, 1.54) is 10.4 Å². The van der Waals surface area contributed by atoms with E-state index in [0.717, 1.165) is 23.6 Å². The van der Waals surface area contributed by atoms with Crippen LogP contribution in [0.25, 0.3) is 4.96 Å². The molecule has 1 atom stereocenters. The highest BCUT2D eigenvalue weighted by Crippen LogP contribution is 2.33. The molecule has 1 amide bonds. The van der Waals surface area contributed by atoms with Gasteiger partial charge in [-0.3, -0.25) is 9.20 Å². The van der Waals surface area contributed by atoms with Gasteiger partial charge in [0.15, 0.2) is 4.96 Å². The van der Waals surface area contributed by atoms with Gasteiger partial charge in [0.1, 0.15) is 0 Å². The summed E-state index contributed by atoms with van der Waals surface area (Å²) >= 11 is 3.39. The van der Waals surface area contributed by atoms with Gasteiger partial charge >= 0.3 is 0 Å². The molecule has 1 aliphatic rings. The van der Waals surface area contributed by atoms with Gasteiger partial charge in [-0.25, -0.2) is 4.98 Å². The molecular formula is C15H15N3OS2. The maximum Gasteiger partial charge on any atom is 0.229 e. The predicted molar refractivity (Wildman–Crippen MR) is 84.9 cm³/mol. The van der Waals surface area contributed by atoms with Crippen molar-refractivity contribution in [2.45, 2.75) is 25.8 Å². The molecule has 0 fully saturated rings. The number of imidazole rings is 1. The highest BCUT2D eigenvalue weighted by Gasteiger charge is 2.28. The first-order chi connectivity index (χ1) is 10.2. The molecule has 0 saturated heterocycles. The molecule has 0 radical (unpaired) electrons. The summed E-state index contributed by atoms with van der Waals surface area (Å²) in [6, 6.07) is 2.33. The van der Waals surface area contributed by atoms with Crippen LogP contribution in [0.3, 0.4) is 0 Å². The van der Waals surface area contributed by atoms with Crippen molar-refractivity contribution in [3.05, 3.63) is 45.4 Å². The van der Waals surface area contributed by atoms with Crippen molar-refractivity contribution in [2.75, 3.05) is 6.54 Å². The Morgan fingerprint density at radius 1 is 1.43 bits per heavy atom. The van der Waals surface area contributed by atoms with Crippen LogP contribution in [0.4, 0.5) is 0 Å². The predicted octanol–water partition coefficient (Wildman–Crippen LogP) is 3.15. The lowest BCUT2D eigenvalue weighted by Gasteiger charge is -2.33. The zero-order chi connectivity index (χ0) is 14.4. The normalized spacial score (nSPS) is 18.1. The fourth-order valence-corrected chi connectivity index (χ4v) is 4.65.